The molecule has 0 saturated carbocycles. The van der Waals surface area contributed by atoms with Crippen LogP contribution in [0.2, 0.25) is 0 Å². The highest BCUT2D eigenvalue weighted by Gasteiger charge is 2.13. The Balaban J connectivity index is 2.18. The van der Waals surface area contributed by atoms with Crippen LogP contribution in [0.3, 0.4) is 0 Å². The minimum atomic E-state index is -0.560. The van der Waals surface area contributed by atoms with Crippen molar-refractivity contribution < 1.29 is 9.90 Å². The summed E-state index contributed by atoms with van der Waals surface area (Å²) in [7, 11) is 0. The average molecular weight is 287 g/mol. The Hall–Kier alpha value is -2.11. The van der Waals surface area contributed by atoms with Gasteiger partial charge in [-0.25, -0.2) is 0 Å². The normalized spacial score (nSPS) is 12.3. The minimum Gasteiger partial charge on any atom is -0.508 e. The molecule has 1 amide bonds. The zero-order valence-electron chi connectivity index (χ0n) is 12.1. The maximum Gasteiger partial charge on any atom is 0.241 e. The smallest absolute Gasteiger partial charge is 0.241 e. The van der Waals surface area contributed by atoms with Gasteiger partial charge >= 0.3 is 0 Å². The van der Waals surface area contributed by atoms with Gasteiger partial charge in [-0.15, -0.1) is 0 Å². The maximum atomic E-state index is 12.0. The predicted molar refractivity (Wildman–Crippen MR) is 85.2 cm³/mol. The number of amides is 1. The number of rotatable bonds is 5. The van der Waals surface area contributed by atoms with E-state index in [0.29, 0.717) is 18.7 Å². The van der Waals surface area contributed by atoms with E-state index in [0.717, 1.165) is 22.8 Å². The second-order valence-electron chi connectivity index (χ2n) is 5.23. The Morgan fingerprint density at radius 3 is 2.81 bits per heavy atom. The number of nitrogens with one attached hydrogen (secondary N) is 1. The first-order valence-electron chi connectivity index (χ1n) is 7.01. The van der Waals surface area contributed by atoms with Crippen molar-refractivity contribution in [3.8, 4) is 5.75 Å². The average Bonchev–Trinajstić information content (AvgIpc) is 2.44. The van der Waals surface area contributed by atoms with Crippen LogP contribution in [0.15, 0.2) is 30.3 Å². The molecule has 21 heavy (non-hydrogen) atoms. The number of hydrogen-bond acceptors (Lipinski definition) is 4. The van der Waals surface area contributed by atoms with Crippen LogP contribution in [0.1, 0.15) is 18.4 Å². The van der Waals surface area contributed by atoms with Crippen LogP contribution >= 0.6 is 0 Å². The largest absolute Gasteiger partial charge is 0.508 e. The molecular formula is C16H21N3O2. The zero-order chi connectivity index (χ0) is 15.4. The van der Waals surface area contributed by atoms with Crippen LogP contribution < -0.4 is 16.8 Å². The third-order valence-electron chi connectivity index (χ3n) is 3.47. The number of aromatic hydroxyl groups is 1. The molecule has 2 aromatic carbocycles. The number of anilines is 1. The molecule has 2 aromatic rings. The van der Waals surface area contributed by atoms with Crippen LogP contribution in [0, 0.1) is 6.92 Å². The SMILES string of the molecule is Cc1cc(O)cc2cc(NC(=O)[C@@H](N)CCCN)ccc12. The summed E-state index contributed by atoms with van der Waals surface area (Å²) in [5.41, 5.74) is 12.9. The molecule has 0 radical (unpaired) electrons. The summed E-state index contributed by atoms with van der Waals surface area (Å²) in [5.74, 6) is -0.0113. The highest BCUT2D eigenvalue weighted by Crippen LogP contribution is 2.26. The van der Waals surface area contributed by atoms with Gasteiger partial charge in [-0.1, -0.05) is 6.07 Å². The summed E-state index contributed by atoms with van der Waals surface area (Å²) in [4.78, 5) is 12.0. The van der Waals surface area contributed by atoms with Crippen LogP contribution in [-0.2, 0) is 4.79 Å². The molecule has 0 aliphatic rings. The lowest BCUT2D eigenvalue weighted by atomic mass is 10.0. The molecule has 0 aromatic heterocycles. The Morgan fingerprint density at radius 1 is 1.33 bits per heavy atom. The van der Waals surface area contributed by atoms with Crippen molar-refractivity contribution in [2.45, 2.75) is 25.8 Å². The molecule has 0 saturated heterocycles. The molecule has 0 fully saturated rings. The number of phenols is 1. The van der Waals surface area contributed by atoms with E-state index in [1.807, 2.05) is 25.1 Å². The topological polar surface area (TPSA) is 101 Å². The fraction of sp³-hybridized carbons (Fsp3) is 0.312. The van der Waals surface area contributed by atoms with Gasteiger partial charge in [0.05, 0.1) is 6.04 Å². The standard InChI is InChI=1S/C16H21N3O2/c1-10-7-13(20)9-11-8-12(4-5-14(10)11)19-16(21)15(18)3-2-6-17/h4-5,7-9,15,20H,2-3,6,17-18H2,1H3,(H,19,21)/t15-/m0/s1. The molecule has 1 atom stereocenters. The van der Waals surface area contributed by atoms with Crippen LogP contribution in [0.25, 0.3) is 10.8 Å². The van der Waals surface area contributed by atoms with Crippen molar-refractivity contribution in [3.05, 3.63) is 35.9 Å². The summed E-state index contributed by atoms with van der Waals surface area (Å²) in [5, 5.41) is 14.4. The number of fused-ring (bicyclic) bond motifs is 1. The van der Waals surface area contributed by atoms with E-state index in [1.165, 1.54) is 0 Å². The summed E-state index contributed by atoms with van der Waals surface area (Å²) in [6, 6.07) is 8.41. The van der Waals surface area contributed by atoms with E-state index in [1.54, 1.807) is 12.1 Å². The molecule has 0 unspecified atom stereocenters. The Kier molecular flexibility index (Phi) is 4.77. The third kappa shape index (κ3) is 3.71. The van der Waals surface area contributed by atoms with Crippen molar-refractivity contribution in [1.82, 2.24) is 0 Å². The lowest BCUT2D eigenvalue weighted by Gasteiger charge is -2.12. The molecule has 0 aliphatic heterocycles. The van der Waals surface area contributed by atoms with Crippen LogP contribution in [0.4, 0.5) is 5.69 Å². The Labute approximate surface area is 123 Å². The van der Waals surface area contributed by atoms with E-state index >= 15 is 0 Å². The van der Waals surface area contributed by atoms with Gasteiger partial charge in [-0.05, 0) is 66.9 Å². The fourth-order valence-corrected chi connectivity index (χ4v) is 2.32. The monoisotopic (exact) mass is 287 g/mol. The summed E-state index contributed by atoms with van der Waals surface area (Å²) in [6.07, 6.45) is 1.29. The van der Waals surface area contributed by atoms with Gasteiger partial charge in [0, 0.05) is 5.69 Å². The number of nitrogens with two attached hydrogens (primary N) is 2. The lowest BCUT2D eigenvalue weighted by Crippen LogP contribution is -2.35. The van der Waals surface area contributed by atoms with Gasteiger partial charge in [0.1, 0.15) is 5.75 Å². The second kappa shape index (κ2) is 6.56. The molecular weight excluding hydrogens is 266 g/mol. The first kappa shape index (κ1) is 15.3. The summed E-state index contributed by atoms with van der Waals surface area (Å²) < 4.78 is 0. The highest BCUT2D eigenvalue weighted by molar-refractivity contribution is 5.97. The molecule has 0 spiro atoms. The zero-order valence-corrected chi connectivity index (χ0v) is 12.1. The van der Waals surface area contributed by atoms with Gasteiger partial charge in [-0.3, -0.25) is 4.79 Å². The lowest BCUT2D eigenvalue weighted by molar-refractivity contribution is -0.117. The minimum absolute atomic E-state index is 0.211. The fourth-order valence-electron chi connectivity index (χ4n) is 2.32. The molecule has 0 aliphatic carbocycles. The predicted octanol–water partition coefficient (Wildman–Crippen LogP) is 1.86. The van der Waals surface area contributed by atoms with Crippen LogP contribution in [-0.4, -0.2) is 23.6 Å². The van der Waals surface area contributed by atoms with Crippen molar-refractivity contribution in [2.75, 3.05) is 11.9 Å². The number of carbonyl (C=O) groups excluding carboxylic acids is 1. The van der Waals surface area contributed by atoms with Gasteiger partial charge in [0.15, 0.2) is 0 Å². The van der Waals surface area contributed by atoms with E-state index in [-0.39, 0.29) is 11.7 Å². The molecule has 0 heterocycles. The first-order chi connectivity index (χ1) is 10.0. The Morgan fingerprint density at radius 2 is 2.10 bits per heavy atom. The van der Waals surface area contributed by atoms with Crippen molar-refractivity contribution in [3.63, 3.8) is 0 Å². The Bertz CT molecular complexity index is 655. The first-order valence-corrected chi connectivity index (χ1v) is 7.01. The van der Waals surface area contributed by atoms with Crippen molar-refractivity contribution in [2.24, 2.45) is 11.5 Å². The molecule has 0 bridgehead atoms. The second-order valence-corrected chi connectivity index (χ2v) is 5.23. The number of aryl methyl sites for hydroxylation is 1. The van der Waals surface area contributed by atoms with Gasteiger partial charge in [-0.2, -0.15) is 0 Å². The van der Waals surface area contributed by atoms with Crippen molar-refractivity contribution in [1.29, 1.82) is 0 Å². The van der Waals surface area contributed by atoms with Gasteiger partial charge in [0.2, 0.25) is 5.91 Å². The van der Waals surface area contributed by atoms with E-state index in [9.17, 15) is 9.90 Å². The van der Waals surface area contributed by atoms with E-state index in [2.05, 4.69) is 5.32 Å². The number of benzene rings is 2. The van der Waals surface area contributed by atoms with Crippen LogP contribution in [0.5, 0.6) is 5.75 Å². The van der Waals surface area contributed by atoms with Gasteiger partial charge < -0.3 is 21.9 Å². The molecule has 2 rings (SSSR count). The molecule has 6 N–H and O–H groups in total. The molecule has 112 valence electrons. The van der Waals surface area contributed by atoms with E-state index < -0.39 is 6.04 Å². The summed E-state index contributed by atoms with van der Waals surface area (Å²) >= 11 is 0. The van der Waals surface area contributed by atoms with E-state index in [4.69, 9.17) is 11.5 Å². The van der Waals surface area contributed by atoms with Crippen molar-refractivity contribution >= 4 is 22.4 Å². The summed E-state index contributed by atoms with van der Waals surface area (Å²) in [6.45, 7) is 2.46. The highest BCUT2D eigenvalue weighted by atomic mass is 16.3. The quantitative estimate of drug-likeness (QED) is 0.674. The number of hydrogen-bond donors (Lipinski definition) is 4. The third-order valence-corrected chi connectivity index (χ3v) is 3.47. The number of phenolic OH excluding ortho intramolecular Hbond substituents is 1. The van der Waals surface area contributed by atoms with Gasteiger partial charge in [0.25, 0.3) is 0 Å². The number of carbonyl (C=O) groups is 1. The maximum absolute atomic E-state index is 12.0. The molecule has 5 nitrogen and oxygen atoms in total. The molecule has 5 heteroatoms.